The minimum absolute atomic E-state index is 0.0485. The van der Waals surface area contributed by atoms with Crippen molar-refractivity contribution in [2.24, 2.45) is 0 Å². The zero-order valence-corrected chi connectivity index (χ0v) is 13.4. The SMILES string of the molecule is CCC(=O)N1CCN(C(=O)c2cc(Br)ccc2C)CC1. The van der Waals surface area contributed by atoms with Crippen LogP contribution in [-0.4, -0.2) is 47.8 Å². The van der Waals surface area contributed by atoms with Gasteiger partial charge in [-0.2, -0.15) is 0 Å². The van der Waals surface area contributed by atoms with Crippen LogP contribution in [0.3, 0.4) is 0 Å². The highest BCUT2D eigenvalue weighted by molar-refractivity contribution is 9.10. The molecule has 1 fully saturated rings. The highest BCUT2D eigenvalue weighted by Crippen LogP contribution is 2.18. The highest BCUT2D eigenvalue weighted by atomic mass is 79.9. The number of piperazine rings is 1. The molecule has 0 atom stereocenters. The van der Waals surface area contributed by atoms with E-state index >= 15 is 0 Å². The summed E-state index contributed by atoms with van der Waals surface area (Å²) in [6, 6.07) is 5.74. The Morgan fingerprint density at radius 2 is 1.75 bits per heavy atom. The van der Waals surface area contributed by atoms with E-state index in [1.807, 2.05) is 41.8 Å². The maximum atomic E-state index is 12.5. The summed E-state index contributed by atoms with van der Waals surface area (Å²) in [5.74, 6) is 0.211. The Morgan fingerprint density at radius 1 is 1.15 bits per heavy atom. The molecule has 0 aromatic heterocycles. The number of carbonyl (C=O) groups excluding carboxylic acids is 2. The molecule has 0 radical (unpaired) electrons. The second-order valence-corrected chi connectivity index (χ2v) is 5.90. The minimum Gasteiger partial charge on any atom is -0.339 e. The summed E-state index contributed by atoms with van der Waals surface area (Å²) in [7, 11) is 0. The van der Waals surface area contributed by atoms with Gasteiger partial charge in [-0.1, -0.05) is 28.9 Å². The lowest BCUT2D eigenvalue weighted by Crippen LogP contribution is -2.50. The molecule has 5 heteroatoms. The number of aryl methyl sites for hydroxylation is 1. The van der Waals surface area contributed by atoms with Crippen molar-refractivity contribution in [3.8, 4) is 0 Å². The quantitative estimate of drug-likeness (QED) is 0.831. The molecule has 0 bridgehead atoms. The van der Waals surface area contributed by atoms with Gasteiger partial charge in [0.15, 0.2) is 0 Å². The Morgan fingerprint density at radius 3 is 2.35 bits per heavy atom. The van der Waals surface area contributed by atoms with Crippen molar-refractivity contribution in [2.45, 2.75) is 20.3 Å². The van der Waals surface area contributed by atoms with Crippen molar-refractivity contribution in [2.75, 3.05) is 26.2 Å². The Bertz CT molecular complexity index is 523. The molecule has 4 nitrogen and oxygen atoms in total. The monoisotopic (exact) mass is 338 g/mol. The average molecular weight is 339 g/mol. The summed E-state index contributed by atoms with van der Waals surface area (Å²) in [5, 5.41) is 0. The van der Waals surface area contributed by atoms with E-state index in [1.165, 1.54) is 0 Å². The van der Waals surface area contributed by atoms with Crippen LogP contribution in [0.1, 0.15) is 29.3 Å². The average Bonchev–Trinajstić information content (AvgIpc) is 2.48. The van der Waals surface area contributed by atoms with Crippen LogP contribution in [0.5, 0.6) is 0 Å². The molecule has 0 spiro atoms. The molecule has 20 heavy (non-hydrogen) atoms. The summed E-state index contributed by atoms with van der Waals surface area (Å²) in [6.07, 6.45) is 0.526. The predicted octanol–water partition coefficient (Wildman–Crippen LogP) is 2.45. The summed E-state index contributed by atoms with van der Waals surface area (Å²) < 4.78 is 0.909. The van der Waals surface area contributed by atoms with Gasteiger partial charge >= 0.3 is 0 Å². The molecule has 0 saturated carbocycles. The number of hydrogen-bond acceptors (Lipinski definition) is 2. The van der Waals surface area contributed by atoms with Crippen molar-refractivity contribution < 1.29 is 9.59 Å². The molecule has 1 aliphatic heterocycles. The molecule has 2 rings (SSSR count). The van der Waals surface area contributed by atoms with Gasteiger partial charge in [-0.15, -0.1) is 0 Å². The largest absolute Gasteiger partial charge is 0.339 e. The molecular weight excluding hydrogens is 320 g/mol. The molecule has 0 aliphatic carbocycles. The van der Waals surface area contributed by atoms with Gasteiger partial charge in [0, 0.05) is 42.6 Å². The van der Waals surface area contributed by atoms with Crippen LogP contribution in [0, 0.1) is 6.92 Å². The lowest BCUT2D eigenvalue weighted by atomic mass is 10.1. The Balaban J connectivity index is 2.05. The fourth-order valence-corrected chi connectivity index (χ4v) is 2.74. The lowest BCUT2D eigenvalue weighted by Gasteiger charge is -2.35. The van der Waals surface area contributed by atoms with Crippen molar-refractivity contribution in [3.63, 3.8) is 0 Å². The summed E-state index contributed by atoms with van der Waals surface area (Å²) in [6.45, 7) is 6.28. The minimum atomic E-state index is 0.0485. The number of benzene rings is 1. The van der Waals surface area contributed by atoms with Crippen LogP contribution in [-0.2, 0) is 4.79 Å². The Hall–Kier alpha value is -1.36. The molecule has 1 aromatic rings. The number of amides is 2. The predicted molar refractivity (Wildman–Crippen MR) is 81.7 cm³/mol. The third-order valence-corrected chi connectivity index (χ3v) is 4.15. The van der Waals surface area contributed by atoms with Crippen LogP contribution in [0.4, 0.5) is 0 Å². The normalized spacial score (nSPS) is 15.3. The first-order chi connectivity index (χ1) is 9.52. The van der Waals surface area contributed by atoms with E-state index in [1.54, 1.807) is 0 Å². The van der Waals surface area contributed by atoms with Crippen LogP contribution < -0.4 is 0 Å². The van der Waals surface area contributed by atoms with Gasteiger partial charge in [0.1, 0.15) is 0 Å². The zero-order valence-electron chi connectivity index (χ0n) is 11.9. The first-order valence-electron chi connectivity index (χ1n) is 6.86. The molecule has 0 N–H and O–H groups in total. The topological polar surface area (TPSA) is 40.6 Å². The van der Waals surface area contributed by atoms with Gasteiger partial charge in [-0.3, -0.25) is 9.59 Å². The first-order valence-corrected chi connectivity index (χ1v) is 7.65. The smallest absolute Gasteiger partial charge is 0.254 e. The fraction of sp³-hybridized carbons (Fsp3) is 0.467. The number of hydrogen-bond donors (Lipinski definition) is 0. The zero-order chi connectivity index (χ0) is 14.7. The number of rotatable bonds is 2. The molecule has 1 aliphatic rings. The maximum absolute atomic E-state index is 12.5. The van der Waals surface area contributed by atoms with Crippen LogP contribution in [0.15, 0.2) is 22.7 Å². The van der Waals surface area contributed by atoms with E-state index in [9.17, 15) is 9.59 Å². The van der Waals surface area contributed by atoms with Gasteiger partial charge in [-0.25, -0.2) is 0 Å². The maximum Gasteiger partial charge on any atom is 0.254 e. The van der Waals surface area contributed by atoms with E-state index in [0.717, 1.165) is 15.6 Å². The lowest BCUT2D eigenvalue weighted by molar-refractivity contribution is -0.132. The molecular formula is C15H19BrN2O2. The Labute approximate surface area is 127 Å². The summed E-state index contributed by atoms with van der Waals surface area (Å²) >= 11 is 3.40. The van der Waals surface area contributed by atoms with E-state index in [4.69, 9.17) is 0 Å². The van der Waals surface area contributed by atoms with Gasteiger partial charge in [0.05, 0.1) is 0 Å². The second kappa shape index (κ2) is 6.39. The summed E-state index contributed by atoms with van der Waals surface area (Å²) in [5.41, 5.74) is 1.71. The van der Waals surface area contributed by atoms with Gasteiger partial charge in [0.2, 0.25) is 5.91 Å². The molecule has 1 heterocycles. The number of carbonyl (C=O) groups is 2. The van der Waals surface area contributed by atoms with Gasteiger partial charge in [0.25, 0.3) is 5.91 Å². The third-order valence-electron chi connectivity index (χ3n) is 3.65. The molecule has 1 aromatic carbocycles. The first kappa shape index (κ1) is 15.0. The van der Waals surface area contributed by atoms with Crippen molar-refractivity contribution in [1.29, 1.82) is 0 Å². The van der Waals surface area contributed by atoms with Crippen LogP contribution in [0.25, 0.3) is 0 Å². The third kappa shape index (κ3) is 3.20. The van der Waals surface area contributed by atoms with E-state index < -0.39 is 0 Å². The fourth-order valence-electron chi connectivity index (χ4n) is 2.38. The van der Waals surface area contributed by atoms with Gasteiger partial charge < -0.3 is 9.80 Å². The molecule has 108 valence electrons. The van der Waals surface area contributed by atoms with Crippen molar-refractivity contribution >= 4 is 27.7 Å². The number of halogens is 1. The second-order valence-electron chi connectivity index (χ2n) is 4.99. The van der Waals surface area contributed by atoms with Crippen LogP contribution in [0.2, 0.25) is 0 Å². The summed E-state index contributed by atoms with van der Waals surface area (Å²) in [4.78, 5) is 27.8. The van der Waals surface area contributed by atoms with E-state index in [2.05, 4.69) is 15.9 Å². The van der Waals surface area contributed by atoms with Gasteiger partial charge in [-0.05, 0) is 24.6 Å². The standard InChI is InChI=1S/C15H19BrN2O2/c1-3-14(19)17-6-8-18(9-7-17)15(20)13-10-12(16)5-4-11(13)2/h4-5,10H,3,6-9H2,1-2H3. The van der Waals surface area contributed by atoms with E-state index in [0.29, 0.717) is 32.6 Å². The molecule has 1 saturated heterocycles. The number of nitrogens with zero attached hydrogens (tertiary/aromatic N) is 2. The highest BCUT2D eigenvalue weighted by Gasteiger charge is 2.24. The van der Waals surface area contributed by atoms with Crippen LogP contribution >= 0.6 is 15.9 Å². The van der Waals surface area contributed by atoms with Crippen molar-refractivity contribution in [3.05, 3.63) is 33.8 Å². The van der Waals surface area contributed by atoms with E-state index in [-0.39, 0.29) is 11.8 Å². The molecule has 0 unspecified atom stereocenters. The Kier molecular flexibility index (Phi) is 4.81. The van der Waals surface area contributed by atoms with Crippen molar-refractivity contribution in [1.82, 2.24) is 9.80 Å². The molecule has 2 amide bonds.